The third kappa shape index (κ3) is 6.03. The Kier molecular flexibility index (Phi) is 7.21. The summed E-state index contributed by atoms with van der Waals surface area (Å²) in [6, 6.07) is 0.765. The zero-order valence-corrected chi connectivity index (χ0v) is 11.1. The molecule has 4 nitrogen and oxygen atoms in total. The normalized spacial score (nSPS) is 18.1. The number of hydrogen-bond acceptors (Lipinski definition) is 3. The monoisotopic (exact) mass is 241 g/mol. The molecule has 0 aliphatic heterocycles. The maximum Gasteiger partial charge on any atom is 0.233 e. The van der Waals surface area contributed by atoms with E-state index in [0.717, 1.165) is 25.4 Å². The Bertz CT molecular complexity index is 213. The van der Waals surface area contributed by atoms with E-state index in [1.54, 1.807) is 0 Å². The summed E-state index contributed by atoms with van der Waals surface area (Å²) in [5, 5.41) is 0. The highest BCUT2D eigenvalue weighted by Gasteiger charge is 2.16. The molecule has 0 saturated heterocycles. The third-order valence-electron chi connectivity index (χ3n) is 3.77. The zero-order valence-electron chi connectivity index (χ0n) is 11.1. The highest BCUT2D eigenvalue weighted by Crippen LogP contribution is 2.21. The summed E-state index contributed by atoms with van der Waals surface area (Å²) < 4.78 is 0. The van der Waals surface area contributed by atoms with Crippen molar-refractivity contribution >= 4 is 5.91 Å². The van der Waals surface area contributed by atoms with Gasteiger partial charge in [-0.1, -0.05) is 25.7 Å². The summed E-state index contributed by atoms with van der Waals surface area (Å²) in [5.74, 6) is 4.98. The Morgan fingerprint density at radius 2 is 1.88 bits per heavy atom. The van der Waals surface area contributed by atoms with Crippen LogP contribution in [-0.4, -0.2) is 30.4 Å². The molecule has 0 radical (unpaired) electrons. The lowest BCUT2D eigenvalue weighted by atomic mass is 10.1. The molecule has 0 atom stereocenters. The van der Waals surface area contributed by atoms with Crippen LogP contribution in [0, 0.1) is 0 Å². The summed E-state index contributed by atoms with van der Waals surface area (Å²) in [6.07, 6.45) is 10.8. The molecule has 0 aromatic heterocycles. The van der Waals surface area contributed by atoms with Crippen molar-refractivity contribution in [3.05, 3.63) is 0 Å². The molecule has 0 spiro atoms. The molecule has 1 rings (SSSR count). The number of nitrogens with one attached hydrogen (secondary N) is 1. The highest BCUT2D eigenvalue weighted by molar-refractivity contribution is 5.75. The molecular weight excluding hydrogens is 214 g/mol. The van der Waals surface area contributed by atoms with Crippen molar-refractivity contribution in [3.63, 3.8) is 0 Å². The topological polar surface area (TPSA) is 58.4 Å². The van der Waals surface area contributed by atoms with Gasteiger partial charge in [0.2, 0.25) is 5.91 Å². The summed E-state index contributed by atoms with van der Waals surface area (Å²) >= 11 is 0. The fourth-order valence-electron chi connectivity index (χ4n) is 2.60. The number of unbranched alkanes of at least 4 members (excludes halogenated alkanes) is 1. The molecule has 1 amide bonds. The van der Waals surface area contributed by atoms with Gasteiger partial charge in [0.05, 0.1) is 0 Å². The Morgan fingerprint density at radius 3 is 2.47 bits per heavy atom. The number of carbonyl (C=O) groups excluding carboxylic acids is 1. The number of amides is 1. The summed E-state index contributed by atoms with van der Waals surface area (Å²) in [4.78, 5) is 13.4. The zero-order chi connectivity index (χ0) is 12.5. The van der Waals surface area contributed by atoms with Crippen molar-refractivity contribution in [2.24, 2.45) is 5.84 Å². The number of nitrogens with two attached hydrogens (primary N) is 1. The Labute approximate surface area is 105 Å². The van der Waals surface area contributed by atoms with E-state index in [1.165, 1.54) is 38.5 Å². The molecule has 0 unspecified atom stereocenters. The van der Waals surface area contributed by atoms with Gasteiger partial charge >= 0.3 is 0 Å². The fourth-order valence-corrected chi connectivity index (χ4v) is 2.60. The van der Waals surface area contributed by atoms with Crippen LogP contribution in [0.25, 0.3) is 0 Å². The number of carbonyl (C=O) groups is 1. The molecule has 1 saturated carbocycles. The highest BCUT2D eigenvalue weighted by atomic mass is 16.2. The predicted octanol–water partition coefficient (Wildman–Crippen LogP) is 1.80. The van der Waals surface area contributed by atoms with Crippen molar-refractivity contribution in [2.75, 3.05) is 13.6 Å². The first-order valence-corrected chi connectivity index (χ1v) is 6.93. The quantitative estimate of drug-likeness (QED) is 0.245. The lowest BCUT2D eigenvalue weighted by Crippen LogP contribution is -2.32. The van der Waals surface area contributed by atoms with Crippen molar-refractivity contribution in [1.82, 2.24) is 10.3 Å². The van der Waals surface area contributed by atoms with Gasteiger partial charge in [0.25, 0.3) is 0 Å². The van der Waals surface area contributed by atoms with Crippen molar-refractivity contribution in [3.8, 4) is 0 Å². The second kappa shape index (κ2) is 8.48. The lowest BCUT2D eigenvalue weighted by molar-refractivity contribution is -0.121. The second-order valence-electron chi connectivity index (χ2n) is 5.15. The molecule has 1 aliphatic carbocycles. The smallest absolute Gasteiger partial charge is 0.233 e. The van der Waals surface area contributed by atoms with Crippen LogP contribution >= 0.6 is 0 Å². The number of nitrogens with zero attached hydrogens (tertiary/aromatic N) is 1. The van der Waals surface area contributed by atoms with E-state index in [2.05, 4.69) is 17.4 Å². The number of rotatable bonds is 6. The van der Waals surface area contributed by atoms with Crippen molar-refractivity contribution < 1.29 is 4.79 Å². The van der Waals surface area contributed by atoms with Gasteiger partial charge in [-0.05, 0) is 39.3 Å². The van der Waals surface area contributed by atoms with E-state index in [4.69, 9.17) is 5.84 Å². The molecule has 0 aromatic carbocycles. The van der Waals surface area contributed by atoms with E-state index in [9.17, 15) is 4.79 Å². The minimum Gasteiger partial charge on any atom is -0.303 e. The van der Waals surface area contributed by atoms with Crippen LogP contribution < -0.4 is 11.3 Å². The van der Waals surface area contributed by atoms with Crippen LogP contribution in [0.15, 0.2) is 0 Å². The number of hydrogen-bond donors (Lipinski definition) is 2. The van der Waals surface area contributed by atoms with Crippen molar-refractivity contribution in [1.29, 1.82) is 0 Å². The van der Waals surface area contributed by atoms with E-state index in [1.807, 2.05) is 0 Å². The van der Waals surface area contributed by atoms with Gasteiger partial charge in [-0.2, -0.15) is 0 Å². The molecule has 3 N–H and O–H groups in total. The molecule has 0 aromatic rings. The summed E-state index contributed by atoms with van der Waals surface area (Å²) in [6.45, 7) is 1.10. The average Bonchev–Trinajstić information content (AvgIpc) is 2.62. The Hall–Kier alpha value is -0.610. The van der Waals surface area contributed by atoms with Crippen LogP contribution in [-0.2, 0) is 4.79 Å². The van der Waals surface area contributed by atoms with Gasteiger partial charge in [0, 0.05) is 12.5 Å². The van der Waals surface area contributed by atoms with Gasteiger partial charge in [-0.3, -0.25) is 10.2 Å². The summed E-state index contributed by atoms with van der Waals surface area (Å²) in [7, 11) is 2.22. The van der Waals surface area contributed by atoms with Crippen LogP contribution in [0.2, 0.25) is 0 Å². The van der Waals surface area contributed by atoms with Crippen LogP contribution in [0.3, 0.4) is 0 Å². The second-order valence-corrected chi connectivity index (χ2v) is 5.15. The number of hydrazine groups is 1. The molecule has 0 heterocycles. The first kappa shape index (κ1) is 14.5. The minimum atomic E-state index is -0.0536. The molecule has 0 bridgehead atoms. The molecule has 4 heteroatoms. The predicted molar refractivity (Wildman–Crippen MR) is 70.3 cm³/mol. The van der Waals surface area contributed by atoms with Crippen LogP contribution in [0.1, 0.15) is 57.8 Å². The minimum absolute atomic E-state index is 0.0536. The standard InChI is InChI=1S/C13H27N3O/c1-16(11-7-6-10-13(17)15-14)12-8-4-2-3-5-9-12/h12H,2-11,14H2,1H3,(H,15,17). The van der Waals surface area contributed by atoms with Crippen LogP contribution in [0.5, 0.6) is 0 Å². The van der Waals surface area contributed by atoms with E-state index >= 15 is 0 Å². The van der Waals surface area contributed by atoms with E-state index < -0.39 is 0 Å². The van der Waals surface area contributed by atoms with E-state index in [-0.39, 0.29) is 5.91 Å². The fraction of sp³-hybridized carbons (Fsp3) is 0.923. The van der Waals surface area contributed by atoms with Gasteiger partial charge in [0.15, 0.2) is 0 Å². The largest absolute Gasteiger partial charge is 0.303 e. The first-order chi connectivity index (χ1) is 8.24. The lowest BCUT2D eigenvalue weighted by Gasteiger charge is -2.26. The SMILES string of the molecule is CN(CCCCC(=O)NN)C1CCCCCC1. The average molecular weight is 241 g/mol. The van der Waals surface area contributed by atoms with E-state index in [0.29, 0.717) is 6.42 Å². The van der Waals surface area contributed by atoms with Crippen LogP contribution in [0.4, 0.5) is 0 Å². The molecule has 1 fully saturated rings. The maximum absolute atomic E-state index is 11.0. The Morgan fingerprint density at radius 1 is 1.24 bits per heavy atom. The third-order valence-corrected chi connectivity index (χ3v) is 3.77. The van der Waals surface area contributed by atoms with Crippen molar-refractivity contribution in [2.45, 2.75) is 63.8 Å². The molecular formula is C13H27N3O. The van der Waals surface area contributed by atoms with Gasteiger partial charge in [-0.25, -0.2) is 5.84 Å². The van der Waals surface area contributed by atoms with Gasteiger partial charge in [-0.15, -0.1) is 0 Å². The maximum atomic E-state index is 11.0. The molecule has 100 valence electrons. The molecule has 1 aliphatic rings. The Balaban J connectivity index is 2.10. The molecule has 17 heavy (non-hydrogen) atoms. The first-order valence-electron chi connectivity index (χ1n) is 6.93. The van der Waals surface area contributed by atoms with Gasteiger partial charge in [0.1, 0.15) is 0 Å². The summed E-state index contributed by atoms with van der Waals surface area (Å²) in [5.41, 5.74) is 2.17. The van der Waals surface area contributed by atoms with Gasteiger partial charge < -0.3 is 4.90 Å².